The molecule has 1 aliphatic heterocycles. The Bertz CT molecular complexity index is 492. The molecule has 1 atom stereocenters. The first-order valence-corrected chi connectivity index (χ1v) is 8.19. The van der Waals surface area contributed by atoms with E-state index in [1.807, 2.05) is 18.2 Å². The average Bonchev–Trinajstić information content (AvgIpc) is 2.53. The number of hydrogen-bond donors (Lipinski definition) is 1. The van der Waals surface area contributed by atoms with Gasteiger partial charge in [0.1, 0.15) is 24.2 Å². The Morgan fingerprint density at radius 1 is 1.26 bits per heavy atom. The van der Waals surface area contributed by atoms with Gasteiger partial charge in [-0.1, -0.05) is 20.8 Å². The number of β-amino-alcohol motifs (C(OH)–C–C–N with tert-alkyl or cyclic N) is 1. The van der Waals surface area contributed by atoms with E-state index in [0.717, 1.165) is 43.4 Å². The predicted molar refractivity (Wildman–Crippen MR) is 90.5 cm³/mol. The molecule has 0 bridgehead atoms. The summed E-state index contributed by atoms with van der Waals surface area (Å²) < 4.78 is 16.5. The maximum Gasteiger partial charge on any atom is 0.123 e. The second-order valence-electron chi connectivity index (χ2n) is 6.99. The molecule has 1 aromatic rings. The smallest absolute Gasteiger partial charge is 0.123 e. The van der Waals surface area contributed by atoms with Crippen LogP contribution in [-0.2, 0) is 10.2 Å². The first-order chi connectivity index (χ1) is 10.9. The number of aliphatic hydroxyl groups is 1. The summed E-state index contributed by atoms with van der Waals surface area (Å²) in [7, 11) is 1.66. The number of aliphatic hydroxyl groups excluding tert-OH is 1. The average molecular weight is 323 g/mol. The van der Waals surface area contributed by atoms with E-state index in [-0.39, 0.29) is 12.0 Å². The van der Waals surface area contributed by atoms with E-state index in [1.54, 1.807) is 7.11 Å². The highest BCUT2D eigenvalue weighted by atomic mass is 16.5. The number of hydrogen-bond acceptors (Lipinski definition) is 5. The predicted octanol–water partition coefficient (Wildman–Crippen LogP) is 2.06. The van der Waals surface area contributed by atoms with Crippen molar-refractivity contribution < 1.29 is 19.3 Å². The van der Waals surface area contributed by atoms with Crippen molar-refractivity contribution in [3.63, 3.8) is 0 Å². The molecule has 130 valence electrons. The van der Waals surface area contributed by atoms with Gasteiger partial charge in [0, 0.05) is 25.2 Å². The van der Waals surface area contributed by atoms with Crippen molar-refractivity contribution in [2.24, 2.45) is 0 Å². The Labute approximate surface area is 139 Å². The molecule has 0 radical (unpaired) electrons. The zero-order chi connectivity index (χ0) is 16.9. The summed E-state index contributed by atoms with van der Waals surface area (Å²) >= 11 is 0. The van der Waals surface area contributed by atoms with Gasteiger partial charge in [0.25, 0.3) is 0 Å². The van der Waals surface area contributed by atoms with Crippen LogP contribution in [0.1, 0.15) is 26.3 Å². The molecule has 5 heteroatoms. The Morgan fingerprint density at radius 3 is 2.57 bits per heavy atom. The highest BCUT2D eigenvalue weighted by molar-refractivity contribution is 5.44. The van der Waals surface area contributed by atoms with E-state index in [2.05, 4.69) is 25.7 Å². The molecule has 1 aromatic carbocycles. The monoisotopic (exact) mass is 323 g/mol. The topological polar surface area (TPSA) is 51.2 Å². The summed E-state index contributed by atoms with van der Waals surface area (Å²) in [5.41, 5.74) is 1.02. The molecule has 0 amide bonds. The van der Waals surface area contributed by atoms with Gasteiger partial charge in [0.2, 0.25) is 0 Å². The lowest BCUT2D eigenvalue weighted by atomic mass is 9.86. The van der Waals surface area contributed by atoms with Crippen LogP contribution in [-0.4, -0.2) is 62.7 Å². The van der Waals surface area contributed by atoms with E-state index in [4.69, 9.17) is 14.2 Å². The van der Waals surface area contributed by atoms with E-state index in [9.17, 15) is 5.11 Å². The summed E-state index contributed by atoms with van der Waals surface area (Å²) in [6.45, 7) is 10.5. The second-order valence-corrected chi connectivity index (χ2v) is 6.99. The van der Waals surface area contributed by atoms with Gasteiger partial charge in [-0.2, -0.15) is 0 Å². The maximum atomic E-state index is 10.2. The van der Waals surface area contributed by atoms with Gasteiger partial charge in [-0.25, -0.2) is 0 Å². The van der Waals surface area contributed by atoms with Crippen LogP contribution in [0.4, 0.5) is 0 Å². The van der Waals surface area contributed by atoms with Crippen LogP contribution < -0.4 is 9.47 Å². The maximum absolute atomic E-state index is 10.2. The Morgan fingerprint density at radius 2 is 1.96 bits per heavy atom. The zero-order valence-corrected chi connectivity index (χ0v) is 14.7. The highest BCUT2D eigenvalue weighted by Crippen LogP contribution is 2.34. The molecule has 0 aliphatic carbocycles. The number of ether oxygens (including phenoxy) is 3. The van der Waals surface area contributed by atoms with Crippen LogP contribution in [0.2, 0.25) is 0 Å². The molecule has 0 aromatic heterocycles. The van der Waals surface area contributed by atoms with Gasteiger partial charge < -0.3 is 19.3 Å². The van der Waals surface area contributed by atoms with Gasteiger partial charge in [-0.15, -0.1) is 0 Å². The largest absolute Gasteiger partial charge is 0.497 e. The number of nitrogens with zero attached hydrogens (tertiary/aromatic N) is 1. The molecule has 1 aliphatic rings. The van der Waals surface area contributed by atoms with Crippen molar-refractivity contribution in [2.75, 3.05) is 46.6 Å². The fraction of sp³-hybridized carbons (Fsp3) is 0.667. The summed E-state index contributed by atoms with van der Waals surface area (Å²) in [4.78, 5) is 2.20. The molecule has 1 fully saturated rings. The van der Waals surface area contributed by atoms with Crippen molar-refractivity contribution in [3.05, 3.63) is 23.8 Å². The van der Waals surface area contributed by atoms with E-state index < -0.39 is 6.10 Å². The molecule has 1 saturated heterocycles. The van der Waals surface area contributed by atoms with Crippen molar-refractivity contribution in [1.82, 2.24) is 4.90 Å². The van der Waals surface area contributed by atoms with E-state index in [0.29, 0.717) is 6.54 Å². The molecule has 0 saturated carbocycles. The minimum atomic E-state index is -0.511. The van der Waals surface area contributed by atoms with Crippen LogP contribution in [0.15, 0.2) is 18.2 Å². The summed E-state index contributed by atoms with van der Waals surface area (Å²) in [5.74, 6) is 1.62. The van der Waals surface area contributed by atoms with Crippen molar-refractivity contribution in [3.8, 4) is 11.5 Å². The van der Waals surface area contributed by atoms with Crippen molar-refractivity contribution >= 4 is 0 Å². The van der Waals surface area contributed by atoms with E-state index >= 15 is 0 Å². The third kappa shape index (κ3) is 5.37. The molecular weight excluding hydrogens is 294 g/mol. The Kier molecular flexibility index (Phi) is 6.27. The number of morpholine rings is 1. The molecular formula is C18H29NO4. The van der Waals surface area contributed by atoms with Crippen LogP contribution in [0, 0.1) is 0 Å². The first kappa shape index (κ1) is 18.0. The Hall–Kier alpha value is -1.30. The standard InChI is InChI=1S/C18H29NO4/c1-18(2,3)16-11-15(21-4)5-6-17(16)23-13-14(20)12-19-7-9-22-10-8-19/h5-6,11,14,20H,7-10,12-13H2,1-4H3/t14-/m1/s1. The van der Waals surface area contributed by atoms with Crippen LogP contribution in [0.25, 0.3) is 0 Å². The third-order valence-electron chi connectivity index (χ3n) is 4.00. The summed E-state index contributed by atoms with van der Waals surface area (Å²) in [5, 5.41) is 10.2. The van der Waals surface area contributed by atoms with Crippen LogP contribution >= 0.6 is 0 Å². The lowest BCUT2D eigenvalue weighted by molar-refractivity contribution is 0.00449. The van der Waals surface area contributed by atoms with Crippen LogP contribution in [0.5, 0.6) is 11.5 Å². The number of rotatable bonds is 6. The minimum Gasteiger partial charge on any atom is -0.497 e. The van der Waals surface area contributed by atoms with Crippen molar-refractivity contribution in [1.29, 1.82) is 0 Å². The van der Waals surface area contributed by atoms with Gasteiger partial charge in [0.15, 0.2) is 0 Å². The molecule has 23 heavy (non-hydrogen) atoms. The Balaban J connectivity index is 1.96. The zero-order valence-electron chi connectivity index (χ0n) is 14.7. The van der Waals surface area contributed by atoms with Gasteiger partial charge in [-0.3, -0.25) is 4.90 Å². The van der Waals surface area contributed by atoms with Crippen LogP contribution in [0.3, 0.4) is 0 Å². The molecule has 1 heterocycles. The third-order valence-corrected chi connectivity index (χ3v) is 4.00. The summed E-state index contributed by atoms with van der Waals surface area (Å²) in [6.07, 6.45) is -0.511. The summed E-state index contributed by atoms with van der Waals surface area (Å²) in [6, 6.07) is 5.81. The molecule has 0 unspecified atom stereocenters. The number of benzene rings is 1. The lowest BCUT2D eigenvalue weighted by Gasteiger charge is -2.29. The normalized spacial score (nSPS) is 17.8. The fourth-order valence-electron chi connectivity index (χ4n) is 2.67. The molecule has 2 rings (SSSR count). The lowest BCUT2D eigenvalue weighted by Crippen LogP contribution is -2.42. The highest BCUT2D eigenvalue weighted by Gasteiger charge is 2.21. The van der Waals surface area contributed by atoms with E-state index in [1.165, 1.54) is 0 Å². The molecule has 5 nitrogen and oxygen atoms in total. The minimum absolute atomic E-state index is 0.0565. The fourth-order valence-corrected chi connectivity index (χ4v) is 2.67. The molecule has 1 N–H and O–H groups in total. The van der Waals surface area contributed by atoms with Crippen molar-refractivity contribution in [2.45, 2.75) is 32.3 Å². The number of methoxy groups -OCH3 is 1. The van der Waals surface area contributed by atoms with Gasteiger partial charge in [-0.05, 0) is 23.6 Å². The SMILES string of the molecule is COc1ccc(OC[C@H](O)CN2CCOCC2)c(C(C)(C)C)c1. The molecule has 0 spiro atoms. The quantitative estimate of drug-likeness (QED) is 0.868. The second kappa shape index (κ2) is 7.99. The van der Waals surface area contributed by atoms with Gasteiger partial charge >= 0.3 is 0 Å². The van der Waals surface area contributed by atoms with Gasteiger partial charge in [0.05, 0.1) is 20.3 Å². The first-order valence-electron chi connectivity index (χ1n) is 8.19.